The second-order valence-electron chi connectivity index (χ2n) is 11.1. The monoisotopic (exact) mass is 545 g/mol. The molecule has 0 N–H and O–H groups in total. The Morgan fingerprint density at radius 1 is 0.875 bits per heavy atom. The number of hydrogen-bond acceptors (Lipinski definition) is 12. The Hall–Kier alpha value is -3.75. The van der Waals surface area contributed by atoms with E-state index in [9.17, 15) is 0 Å². The Bertz CT molecular complexity index is 1440. The summed E-state index contributed by atoms with van der Waals surface area (Å²) in [5, 5.41) is 12.7. The quantitative estimate of drug-likeness (QED) is 0.311. The van der Waals surface area contributed by atoms with Crippen LogP contribution in [0.4, 0.5) is 11.6 Å². The van der Waals surface area contributed by atoms with E-state index >= 15 is 0 Å². The average Bonchev–Trinajstić information content (AvgIpc) is 3.57. The Labute approximate surface area is 232 Å². The van der Waals surface area contributed by atoms with E-state index in [0.717, 1.165) is 48.4 Å². The van der Waals surface area contributed by atoms with Gasteiger partial charge < -0.3 is 24.3 Å². The molecule has 1 atom stereocenters. The molecule has 7 rings (SSSR count). The third-order valence-electron chi connectivity index (χ3n) is 8.09. The van der Waals surface area contributed by atoms with Crippen molar-refractivity contribution in [1.29, 1.82) is 0 Å². The van der Waals surface area contributed by atoms with Crippen LogP contribution in [0.3, 0.4) is 0 Å². The van der Waals surface area contributed by atoms with Crippen LogP contribution in [0.15, 0.2) is 31.0 Å². The number of piperazine rings is 1. The summed E-state index contributed by atoms with van der Waals surface area (Å²) in [4.78, 5) is 28.2. The largest absolute Gasteiger partial charge is 0.373 e. The first-order valence-corrected chi connectivity index (χ1v) is 14.0. The molecule has 0 spiro atoms. The molecule has 3 saturated heterocycles. The van der Waals surface area contributed by atoms with Crippen LogP contribution < -0.4 is 9.80 Å². The van der Waals surface area contributed by atoms with Gasteiger partial charge in [0.25, 0.3) is 0 Å². The number of aromatic nitrogens is 9. The van der Waals surface area contributed by atoms with E-state index in [1.165, 1.54) is 32.7 Å². The maximum atomic E-state index is 6.06. The normalized spacial score (nSPS) is 21.3. The van der Waals surface area contributed by atoms with Crippen LogP contribution >= 0.6 is 0 Å². The van der Waals surface area contributed by atoms with E-state index in [0.29, 0.717) is 31.0 Å². The maximum Gasteiger partial charge on any atom is 0.225 e. The summed E-state index contributed by atoms with van der Waals surface area (Å²) in [5.74, 6) is 1.46. The van der Waals surface area contributed by atoms with Crippen LogP contribution in [0.5, 0.6) is 0 Å². The molecule has 0 bridgehead atoms. The summed E-state index contributed by atoms with van der Waals surface area (Å²) < 4.78 is 9.55. The standard InChI is InChI=1S/C26H35N13O/c1-34-3-5-36(6-4-34)13-19-14-38(15-19)21-10-28-26(29-11-21)37-7-8-40-22(17-37)18-39-25-24(32-33-39)31-23(12-27-25)20-9-30-35(2)16-20/h9-12,16,19,22H,3-8,13-15,17-18H2,1-2H3/t22-/m0/s1. The second kappa shape index (κ2) is 10.7. The highest BCUT2D eigenvalue weighted by atomic mass is 16.5. The van der Waals surface area contributed by atoms with Gasteiger partial charge >= 0.3 is 0 Å². The van der Waals surface area contributed by atoms with Crippen LogP contribution in [0.2, 0.25) is 0 Å². The van der Waals surface area contributed by atoms with Crippen molar-refractivity contribution < 1.29 is 4.74 Å². The molecule has 40 heavy (non-hydrogen) atoms. The van der Waals surface area contributed by atoms with Crippen LogP contribution in [0, 0.1) is 5.92 Å². The molecule has 14 heteroatoms. The van der Waals surface area contributed by atoms with Gasteiger partial charge in [0, 0.05) is 83.6 Å². The van der Waals surface area contributed by atoms with Crippen molar-refractivity contribution >= 4 is 22.9 Å². The summed E-state index contributed by atoms with van der Waals surface area (Å²) in [6.45, 7) is 10.6. The molecule has 4 aromatic rings. The second-order valence-corrected chi connectivity index (χ2v) is 11.1. The number of anilines is 2. The fraction of sp³-hybridized carbons (Fsp3) is 0.577. The molecule has 0 amide bonds. The molecule has 0 radical (unpaired) electrons. The lowest BCUT2D eigenvalue weighted by Crippen LogP contribution is -2.54. The molecule has 3 aliphatic heterocycles. The van der Waals surface area contributed by atoms with Crippen molar-refractivity contribution in [1.82, 2.24) is 54.5 Å². The summed E-state index contributed by atoms with van der Waals surface area (Å²) in [7, 11) is 4.08. The highest BCUT2D eigenvalue weighted by Crippen LogP contribution is 2.26. The number of ether oxygens (including phenoxy) is 1. The van der Waals surface area contributed by atoms with Crippen molar-refractivity contribution in [2.45, 2.75) is 12.6 Å². The lowest BCUT2D eigenvalue weighted by Gasteiger charge is -2.44. The van der Waals surface area contributed by atoms with Gasteiger partial charge in [-0.1, -0.05) is 5.21 Å². The van der Waals surface area contributed by atoms with Crippen molar-refractivity contribution in [2.24, 2.45) is 13.0 Å². The van der Waals surface area contributed by atoms with Gasteiger partial charge in [0.15, 0.2) is 5.65 Å². The summed E-state index contributed by atoms with van der Waals surface area (Å²) >= 11 is 0. The zero-order valence-electron chi connectivity index (χ0n) is 23.0. The lowest BCUT2D eigenvalue weighted by atomic mass is 9.98. The molecule has 0 aliphatic carbocycles. The minimum Gasteiger partial charge on any atom is -0.373 e. The Balaban J connectivity index is 0.939. The molecular weight excluding hydrogens is 510 g/mol. The minimum atomic E-state index is -0.0903. The SMILES string of the molecule is CN1CCN(CC2CN(c3cnc(N4CCO[C@H](Cn5nnc6nc(-c7cnn(C)c7)cnc65)C4)nc3)C2)CC1. The molecule has 3 fully saturated rings. The average molecular weight is 546 g/mol. The van der Waals surface area contributed by atoms with Crippen molar-refractivity contribution in [3.63, 3.8) is 0 Å². The molecule has 0 aromatic carbocycles. The summed E-state index contributed by atoms with van der Waals surface area (Å²) in [5.41, 5.74) is 3.85. The highest BCUT2D eigenvalue weighted by Gasteiger charge is 2.30. The molecule has 3 aliphatic rings. The van der Waals surface area contributed by atoms with Gasteiger partial charge in [-0.3, -0.25) is 4.68 Å². The number of likely N-dealkylation sites (N-methyl/N-ethyl adjacent to an activating group) is 1. The predicted octanol–water partition coefficient (Wildman–Crippen LogP) is 0.000800. The Morgan fingerprint density at radius 2 is 1.70 bits per heavy atom. The van der Waals surface area contributed by atoms with E-state index in [4.69, 9.17) is 14.7 Å². The number of aryl methyl sites for hydroxylation is 1. The number of morpholine rings is 1. The van der Waals surface area contributed by atoms with Crippen LogP contribution in [-0.4, -0.2) is 133 Å². The Morgan fingerprint density at radius 3 is 2.48 bits per heavy atom. The topological polar surface area (TPSA) is 122 Å². The van der Waals surface area contributed by atoms with Crippen molar-refractivity contribution in [3.8, 4) is 11.3 Å². The van der Waals surface area contributed by atoms with E-state index in [-0.39, 0.29) is 6.10 Å². The molecule has 0 unspecified atom stereocenters. The molecule has 14 nitrogen and oxygen atoms in total. The predicted molar refractivity (Wildman–Crippen MR) is 149 cm³/mol. The fourth-order valence-electron chi connectivity index (χ4n) is 5.71. The van der Waals surface area contributed by atoms with Gasteiger partial charge in [-0.25, -0.2) is 24.6 Å². The number of fused-ring (bicyclic) bond motifs is 1. The molecule has 0 saturated carbocycles. The van der Waals surface area contributed by atoms with Crippen LogP contribution in [-0.2, 0) is 18.3 Å². The van der Waals surface area contributed by atoms with Crippen molar-refractivity contribution in [3.05, 3.63) is 31.0 Å². The maximum absolute atomic E-state index is 6.06. The number of hydrogen-bond donors (Lipinski definition) is 0. The third kappa shape index (κ3) is 5.21. The van der Waals surface area contributed by atoms with Crippen molar-refractivity contribution in [2.75, 3.05) is 82.4 Å². The van der Waals surface area contributed by atoms with E-state index in [2.05, 4.69) is 52.0 Å². The van der Waals surface area contributed by atoms with Gasteiger partial charge in [0.05, 0.1) is 55.4 Å². The first kappa shape index (κ1) is 25.2. The molecule has 7 heterocycles. The fourth-order valence-corrected chi connectivity index (χ4v) is 5.71. The summed E-state index contributed by atoms with van der Waals surface area (Å²) in [6.07, 6.45) is 9.21. The zero-order chi connectivity index (χ0) is 27.1. The number of nitrogens with zero attached hydrogens (tertiary/aromatic N) is 13. The lowest BCUT2D eigenvalue weighted by molar-refractivity contribution is 0.0273. The van der Waals surface area contributed by atoms with Gasteiger partial charge in [0.2, 0.25) is 11.6 Å². The molecular formula is C26H35N13O. The highest BCUT2D eigenvalue weighted by molar-refractivity contribution is 5.69. The summed E-state index contributed by atoms with van der Waals surface area (Å²) in [6, 6.07) is 0. The molecule has 210 valence electrons. The van der Waals surface area contributed by atoms with Gasteiger partial charge in [0.1, 0.15) is 0 Å². The van der Waals surface area contributed by atoms with E-state index in [1.54, 1.807) is 21.8 Å². The smallest absolute Gasteiger partial charge is 0.225 e. The van der Waals surface area contributed by atoms with Crippen LogP contribution in [0.25, 0.3) is 22.6 Å². The van der Waals surface area contributed by atoms with Crippen LogP contribution in [0.1, 0.15) is 0 Å². The first-order chi connectivity index (χ1) is 19.6. The Kier molecular flexibility index (Phi) is 6.73. The molecule has 4 aromatic heterocycles. The minimum absolute atomic E-state index is 0.0903. The number of rotatable bonds is 7. The van der Waals surface area contributed by atoms with Gasteiger partial charge in [-0.05, 0) is 7.05 Å². The first-order valence-electron chi connectivity index (χ1n) is 14.0. The van der Waals surface area contributed by atoms with E-state index in [1.807, 2.05) is 25.6 Å². The van der Waals surface area contributed by atoms with E-state index < -0.39 is 0 Å². The van der Waals surface area contributed by atoms with Gasteiger partial charge in [-0.2, -0.15) is 5.10 Å². The third-order valence-corrected chi connectivity index (χ3v) is 8.09. The zero-order valence-corrected chi connectivity index (χ0v) is 23.0. The van der Waals surface area contributed by atoms with Gasteiger partial charge in [-0.15, -0.1) is 5.10 Å².